The first-order valence-electron chi connectivity index (χ1n) is 5.54. The third-order valence-corrected chi connectivity index (χ3v) is 3.01. The van der Waals surface area contributed by atoms with Gasteiger partial charge in [-0.1, -0.05) is 12.8 Å². The number of rotatable bonds is 3. The molecule has 82 valence electrons. The van der Waals surface area contributed by atoms with Gasteiger partial charge in [0.2, 0.25) is 5.95 Å². The van der Waals surface area contributed by atoms with Gasteiger partial charge in [-0.15, -0.1) is 0 Å². The highest BCUT2D eigenvalue weighted by molar-refractivity contribution is 5.37. The first-order valence-corrected chi connectivity index (χ1v) is 5.54. The summed E-state index contributed by atoms with van der Waals surface area (Å²) in [5, 5.41) is 0. The van der Waals surface area contributed by atoms with E-state index in [1.54, 1.807) is 12.4 Å². The van der Waals surface area contributed by atoms with Crippen molar-refractivity contribution in [3.8, 4) is 0 Å². The zero-order chi connectivity index (χ0) is 10.7. The fourth-order valence-corrected chi connectivity index (χ4v) is 2.19. The van der Waals surface area contributed by atoms with Gasteiger partial charge in [0.15, 0.2) is 0 Å². The van der Waals surface area contributed by atoms with E-state index in [1.807, 2.05) is 7.05 Å². The van der Waals surface area contributed by atoms with Crippen LogP contribution in [0.5, 0.6) is 0 Å². The summed E-state index contributed by atoms with van der Waals surface area (Å²) in [6.07, 6.45) is 8.77. The second kappa shape index (κ2) is 4.47. The molecule has 1 heterocycles. The lowest BCUT2D eigenvalue weighted by atomic mass is 10.1. The van der Waals surface area contributed by atoms with Gasteiger partial charge in [-0.3, -0.25) is 0 Å². The van der Waals surface area contributed by atoms with Crippen molar-refractivity contribution in [3.05, 3.63) is 12.4 Å². The van der Waals surface area contributed by atoms with E-state index in [4.69, 9.17) is 5.73 Å². The molecule has 1 aromatic rings. The Morgan fingerprint density at radius 2 is 1.93 bits per heavy atom. The van der Waals surface area contributed by atoms with E-state index in [-0.39, 0.29) is 0 Å². The molecule has 0 atom stereocenters. The molecular weight excluding hydrogens is 188 g/mol. The minimum Gasteiger partial charge on any atom is -0.396 e. The van der Waals surface area contributed by atoms with E-state index in [2.05, 4.69) is 14.9 Å². The van der Waals surface area contributed by atoms with Crippen LogP contribution in [-0.4, -0.2) is 23.6 Å². The lowest BCUT2D eigenvalue weighted by molar-refractivity contribution is 0.542. The number of nitrogens with zero attached hydrogens (tertiary/aromatic N) is 3. The smallest absolute Gasteiger partial charge is 0.225 e. The maximum absolute atomic E-state index is 5.55. The number of hydrogen-bond acceptors (Lipinski definition) is 4. The Hall–Kier alpha value is -1.32. The van der Waals surface area contributed by atoms with E-state index in [0.717, 1.165) is 18.4 Å². The molecule has 1 saturated carbocycles. The molecule has 0 unspecified atom stereocenters. The number of nitrogen functional groups attached to an aromatic ring is 1. The fraction of sp³-hybridized carbons (Fsp3) is 0.636. The lowest BCUT2D eigenvalue weighted by Crippen LogP contribution is -2.25. The molecule has 2 N–H and O–H groups in total. The Morgan fingerprint density at radius 3 is 2.53 bits per heavy atom. The van der Waals surface area contributed by atoms with Gasteiger partial charge in [-0.25, -0.2) is 9.97 Å². The van der Waals surface area contributed by atoms with Crippen LogP contribution in [-0.2, 0) is 0 Å². The summed E-state index contributed by atoms with van der Waals surface area (Å²) in [6.45, 7) is 1.06. The van der Waals surface area contributed by atoms with Crippen molar-refractivity contribution in [2.45, 2.75) is 25.7 Å². The molecule has 1 aliphatic carbocycles. The van der Waals surface area contributed by atoms with Crippen molar-refractivity contribution in [2.75, 3.05) is 24.2 Å². The van der Waals surface area contributed by atoms with Crippen molar-refractivity contribution in [3.63, 3.8) is 0 Å². The Bertz CT molecular complexity index is 303. The van der Waals surface area contributed by atoms with E-state index in [9.17, 15) is 0 Å². The van der Waals surface area contributed by atoms with Crippen molar-refractivity contribution in [1.82, 2.24) is 9.97 Å². The average Bonchev–Trinajstić information content (AvgIpc) is 2.71. The number of aromatic nitrogens is 2. The standard InChI is InChI=1S/C11H18N4/c1-15(8-9-4-2-3-5-9)11-13-6-10(12)7-14-11/h6-7,9H,2-5,8,12H2,1H3. The highest BCUT2D eigenvalue weighted by atomic mass is 15.2. The quantitative estimate of drug-likeness (QED) is 0.817. The topological polar surface area (TPSA) is 55.0 Å². The van der Waals surface area contributed by atoms with Gasteiger partial charge in [-0.2, -0.15) is 0 Å². The largest absolute Gasteiger partial charge is 0.396 e. The third-order valence-electron chi connectivity index (χ3n) is 3.01. The summed E-state index contributed by atoms with van der Waals surface area (Å²) in [6, 6.07) is 0. The second-order valence-electron chi connectivity index (χ2n) is 4.35. The predicted molar refractivity (Wildman–Crippen MR) is 61.7 cm³/mol. The monoisotopic (exact) mass is 206 g/mol. The Morgan fingerprint density at radius 1 is 1.33 bits per heavy atom. The van der Waals surface area contributed by atoms with Gasteiger partial charge >= 0.3 is 0 Å². The number of hydrogen-bond donors (Lipinski definition) is 1. The second-order valence-corrected chi connectivity index (χ2v) is 4.35. The molecule has 0 aliphatic heterocycles. The highest BCUT2D eigenvalue weighted by Crippen LogP contribution is 2.25. The normalized spacial score (nSPS) is 16.9. The van der Waals surface area contributed by atoms with E-state index < -0.39 is 0 Å². The van der Waals surface area contributed by atoms with Gasteiger partial charge in [0.1, 0.15) is 0 Å². The molecule has 15 heavy (non-hydrogen) atoms. The first kappa shape index (κ1) is 10.2. The maximum Gasteiger partial charge on any atom is 0.225 e. The highest BCUT2D eigenvalue weighted by Gasteiger charge is 2.17. The molecule has 1 aliphatic rings. The van der Waals surface area contributed by atoms with Gasteiger partial charge < -0.3 is 10.6 Å². The SMILES string of the molecule is CN(CC1CCCC1)c1ncc(N)cn1. The van der Waals surface area contributed by atoms with Gasteiger partial charge in [0.05, 0.1) is 18.1 Å². The molecule has 1 aromatic heterocycles. The van der Waals surface area contributed by atoms with Crippen molar-refractivity contribution >= 4 is 11.6 Å². The molecule has 4 heteroatoms. The van der Waals surface area contributed by atoms with E-state index >= 15 is 0 Å². The molecule has 4 nitrogen and oxygen atoms in total. The summed E-state index contributed by atoms with van der Waals surface area (Å²) < 4.78 is 0. The summed E-state index contributed by atoms with van der Waals surface area (Å²) in [5.41, 5.74) is 6.17. The van der Waals surface area contributed by atoms with Gasteiger partial charge in [-0.05, 0) is 18.8 Å². The first-order chi connectivity index (χ1) is 7.25. The Balaban J connectivity index is 1.94. The van der Waals surface area contributed by atoms with Gasteiger partial charge in [0.25, 0.3) is 0 Å². The van der Waals surface area contributed by atoms with Crippen molar-refractivity contribution in [2.24, 2.45) is 5.92 Å². The molecule has 0 spiro atoms. The van der Waals surface area contributed by atoms with Gasteiger partial charge in [0, 0.05) is 13.6 Å². The van der Waals surface area contributed by atoms with Crippen molar-refractivity contribution in [1.29, 1.82) is 0 Å². The maximum atomic E-state index is 5.55. The zero-order valence-corrected chi connectivity index (χ0v) is 9.19. The number of nitrogens with two attached hydrogens (primary N) is 1. The van der Waals surface area contributed by atoms with Crippen LogP contribution >= 0.6 is 0 Å². The minimum atomic E-state index is 0.619. The molecule has 0 saturated heterocycles. The Labute approximate surface area is 90.5 Å². The molecule has 0 amide bonds. The summed E-state index contributed by atoms with van der Waals surface area (Å²) in [5.74, 6) is 1.59. The van der Waals surface area contributed by atoms with Crippen LogP contribution in [0.25, 0.3) is 0 Å². The van der Waals surface area contributed by atoms with Crippen LogP contribution in [0.1, 0.15) is 25.7 Å². The molecule has 0 bridgehead atoms. The third kappa shape index (κ3) is 2.58. The van der Waals surface area contributed by atoms with E-state index in [1.165, 1.54) is 25.7 Å². The van der Waals surface area contributed by atoms with Crippen LogP contribution in [0.15, 0.2) is 12.4 Å². The predicted octanol–water partition coefficient (Wildman–Crippen LogP) is 1.69. The summed E-state index contributed by atoms with van der Waals surface area (Å²) in [7, 11) is 2.05. The molecule has 0 aromatic carbocycles. The molecule has 0 radical (unpaired) electrons. The van der Waals surface area contributed by atoms with Crippen LogP contribution in [0.2, 0.25) is 0 Å². The van der Waals surface area contributed by atoms with Crippen LogP contribution < -0.4 is 10.6 Å². The molecular formula is C11H18N4. The summed E-state index contributed by atoms with van der Waals surface area (Å²) >= 11 is 0. The molecule has 1 fully saturated rings. The Kier molecular flexibility index (Phi) is 3.04. The number of anilines is 2. The van der Waals surface area contributed by atoms with Crippen LogP contribution in [0.4, 0.5) is 11.6 Å². The van der Waals surface area contributed by atoms with Crippen molar-refractivity contribution < 1.29 is 0 Å². The minimum absolute atomic E-state index is 0.619. The average molecular weight is 206 g/mol. The van der Waals surface area contributed by atoms with Crippen LogP contribution in [0, 0.1) is 5.92 Å². The fourth-order valence-electron chi connectivity index (χ4n) is 2.19. The summed E-state index contributed by atoms with van der Waals surface area (Å²) in [4.78, 5) is 10.5. The van der Waals surface area contributed by atoms with E-state index in [0.29, 0.717) is 5.69 Å². The molecule has 2 rings (SSSR count). The van der Waals surface area contributed by atoms with Crippen LogP contribution in [0.3, 0.4) is 0 Å². The zero-order valence-electron chi connectivity index (χ0n) is 9.19. The lowest BCUT2D eigenvalue weighted by Gasteiger charge is -2.20.